The van der Waals surface area contributed by atoms with Gasteiger partial charge in [-0.05, 0) is 12.5 Å². The van der Waals surface area contributed by atoms with Crippen LogP contribution >= 0.6 is 0 Å². The number of amides is 2. The molecule has 1 fully saturated rings. The summed E-state index contributed by atoms with van der Waals surface area (Å²) in [6.07, 6.45) is 0. The molecule has 1 saturated heterocycles. The molecule has 21 heavy (non-hydrogen) atoms. The number of likely N-dealkylation sites (N-methyl/N-ethyl adjacent to an activating group) is 2. The van der Waals surface area contributed by atoms with Crippen molar-refractivity contribution in [2.45, 2.75) is 32.0 Å². The average Bonchev–Trinajstić information content (AvgIpc) is 2.64. The van der Waals surface area contributed by atoms with Crippen molar-refractivity contribution in [2.24, 2.45) is 11.7 Å². The number of hydrogen-bond donors (Lipinski definition) is 1. The monoisotopic (exact) mass is 289 g/mol. The first kappa shape index (κ1) is 15.5. The molecule has 0 bridgehead atoms. The highest BCUT2D eigenvalue weighted by Crippen LogP contribution is 2.35. The molecule has 114 valence electrons. The Labute approximate surface area is 125 Å². The summed E-state index contributed by atoms with van der Waals surface area (Å²) in [5.41, 5.74) is 6.08. The summed E-state index contributed by atoms with van der Waals surface area (Å²) in [6, 6.07) is 9.17. The average molecular weight is 289 g/mol. The molecule has 0 aliphatic carbocycles. The van der Waals surface area contributed by atoms with Gasteiger partial charge in [0.2, 0.25) is 11.8 Å². The number of nitrogens with zero attached hydrogens (tertiary/aromatic N) is 2. The molecule has 1 aliphatic heterocycles. The van der Waals surface area contributed by atoms with E-state index in [-0.39, 0.29) is 17.7 Å². The van der Waals surface area contributed by atoms with Crippen LogP contribution in [0.5, 0.6) is 0 Å². The fourth-order valence-corrected chi connectivity index (χ4v) is 2.98. The van der Waals surface area contributed by atoms with Gasteiger partial charge >= 0.3 is 0 Å². The first-order chi connectivity index (χ1) is 9.80. The number of hydrogen-bond acceptors (Lipinski definition) is 3. The lowest BCUT2D eigenvalue weighted by Crippen LogP contribution is -2.56. The standard InChI is InChI=1S/C16H23N3O2/c1-11-13(17)14(20)19(4)16(11,2)15(21)18(3)10-12-8-6-5-7-9-12/h5-9,11,13H,10,17H2,1-4H3. The first-order valence-electron chi connectivity index (χ1n) is 7.13. The molecular formula is C16H23N3O2. The molecule has 5 heteroatoms. The van der Waals surface area contributed by atoms with Crippen molar-refractivity contribution in [1.82, 2.24) is 9.80 Å². The molecular weight excluding hydrogens is 266 g/mol. The van der Waals surface area contributed by atoms with Crippen molar-refractivity contribution >= 4 is 11.8 Å². The molecule has 0 aromatic heterocycles. The highest BCUT2D eigenvalue weighted by Gasteiger charge is 2.56. The Balaban J connectivity index is 2.20. The maximum atomic E-state index is 12.9. The van der Waals surface area contributed by atoms with Crippen LogP contribution in [0.1, 0.15) is 19.4 Å². The largest absolute Gasteiger partial charge is 0.339 e. The molecule has 3 unspecified atom stereocenters. The van der Waals surface area contributed by atoms with Gasteiger partial charge in [0.05, 0.1) is 6.04 Å². The van der Waals surface area contributed by atoms with E-state index in [2.05, 4.69) is 0 Å². The molecule has 2 N–H and O–H groups in total. The lowest BCUT2D eigenvalue weighted by Gasteiger charge is -2.37. The third-order valence-electron chi connectivity index (χ3n) is 4.78. The number of carbonyl (C=O) groups excluding carboxylic acids is 2. The van der Waals surface area contributed by atoms with Crippen LogP contribution in [0.4, 0.5) is 0 Å². The van der Waals surface area contributed by atoms with E-state index in [0.29, 0.717) is 6.54 Å². The van der Waals surface area contributed by atoms with Gasteiger partial charge in [0.1, 0.15) is 5.54 Å². The van der Waals surface area contributed by atoms with E-state index in [1.807, 2.05) is 37.3 Å². The molecule has 1 aromatic carbocycles. The maximum Gasteiger partial charge on any atom is 0.248 e. The van der Waals surface area contributed by atoms with Gasteiger partial charge in [-0.2, -0.15) is 0 Å². The molecule has 0 radical (unpaired) electrons. The van der Waals surface area contributed by atoms with Crippen molar-refractivity contribution in [2.75, 3.05) is 14.1 Å². The third-order valence-corrected chi connectivity index (χ3v) is 4.78. The van der Waals surface area contributed by atoms with E-state index in [1.54, 1.807) is 25.9 Å². The van der Waals surface area contributed by atoms with E-state index in [0.717, 1.165) is 5.56 Å². The van der Waals surface area contributed by atoms with E-state index < -0.39 is 11.6 Å². The van der Waals surface area contributed by atoms with Crippen molar-refractivity contribution in [3.8, 4) is 0 Å². The number of benzene rings is 1. The van der Waals surface area contributed by atoms with E-state index in [1.165, 1.54) is 4.90 Å². The summed E-state index contributed by atoms with van der Waals surface area (Å²) in [5.74, 6) is -0.477. The normalized spacial score (nSPS) is 28.8. The minimum absolute atomic E-state index is 0.0809. The second-order valence-electron chi connectivity index (χ2n) is 6.01. The highest BCUT2D eigenvalue weighted by atomic mass is 16.2. The van der Waals surface area contributed by atoms with Crippen LogP contribution in [0.15, 0.2) is 30.3 Å². The van der Waals surface area contributed by atoms with Gasteiger partial charge in [0.15, 0.2) is 0 Å². The van der Waals surface area contributed by atoms with E-state index in [4.69, 9.17) is 5.73 Å². The van der Waals surface area contributed by atoms with Crippen LogP contribution < -0.4 is 5.73 Å². The Kier molecular flexibility index (Phi) is 4.05. The molecule has 0 saturated carbocycles. The van der Waals surface area contributed by atoms with Crippen molar-refractivity contribution in [1.29, 1.82) is 0 Å². The van der Waals surface area contributed by atoms with Gasteiger partial charge in [-0.15, -0.1) is 0 Å². The molecule has 2 rings (SSSR count). The topological polar surface area (TPSA) is 66.6 Å². The molecule has 1 heterocycles. The highest BCUT2D eigenvalue weighted by molar-refractivity contribution is 5.97. The van der Waals surface area contributed by atoms with Gasteiger partial charge in [-0.3, -0.25) is 9.59 Å². The first-order valence-corrected chi connectivity index (χ1v) is 7.13. The van der Waals surface area contributed by atoms with Crippen molar-refractivity contribution in [3.05, 3.63) is 35.9 Å². The fraction of sp³-hybridized carbons (Fsp3) is 0.500. The third kappa shape index (κ3) is 2.42. The molecule has 1 aliphatic rings. The summed E-state index contributed by atoms with van der Waals surface area (Å²) in [6.45, 7) is 4.17. The van der Waals surface area contributed by atoms with Gasteiger partial charge in [0, 0.05) is 26.6 Å². The van der Waals surface area contributed by atoms with Gasteiger partial charge in [-0.1, -0.05) is 37.3 Å². The fourth-order valence-electron chi connectivity index (χ4n) is 2.98. The molecule has 1 aromatic rings. The SMILES string of the molecule is CC1C(N)C(=O)N(C)C1(C)C(=O)N(C)Cc1ccccc1. The predicted molar refractivity (Wildman–Crippen MR) is 81.2 cm³/mol. The van der Waals surface area contributed by atoms with Crippen LogP contribution in [0.2, 0.25) is 0 Å². The molecule has 0 spiro atoms. The van der Waals surface area contributed by atoms with Crippen LogP contribution in [-0.4, -0.2) is 47.3 Å². The summed E-state index contributed by atoms with van der Waals surface area (Å²) >= 11 is 0. The predicted octanol–water partition coefficient (Wildman–Crippen LogP) is 0.839. The molecule has 5 nitrogen and oxygen atoms in total. The van der Waals surface area contributed by atoms with E-state index in [9.17, 15) is 9.59 Å². The van der Waals surface area contributed by atoms with Crippen LogP contribution in [0.25, 0.3) is 0 Å². The lowest BCUT2D eigenvalue weighted by molar-refractivity contribution is -0.147. The minimum atomic E-state index is -0.889. The Morgan fingerprint density at radius 1 is 1.38 bits per heavy atom. The zero-order valence-corrected chi connectivity index (χ0v) is 13.0. The Morgan fingerprint density at radius 2 is 1.95 bits per heavy atom. The summed E-state index contributed by atoms with van der Waals surface area (Å²) < 4.78 is 0. The Bertz CT molecular complexity index is 546. The summed E-state index contributed by atoms with van der Waals surface area (Å²) in [4.78, 5) is 28.1. The molecule has 2 amide bonds. The minimum Gasteiger partial charge on any atom is -0.339 e. The quantitative estimate of drug-likeness (QED) is 0.896. The number of rotatable bonds is 3. The van der Waals surface area contributed by atoms with Crippen molar-refractivity contribution in [3.63, 3.8) is 0 Å². The lowest BCUT2D eigenvalue weighted by atomic mass is 9.84. The number of likely N-dealkylation sites (tertiary alicyclic amines) is 1. The van der Waals surface area contributed by atoms with Gasteiger partial charge in [0.25, 0.3) is 0 Å². The second kappa shape index (κ2) is 5.48. The smallest absolute Gasteiger partial charge is 0.248 e. The second-order valence-corrected chi connectivity index (χ2v) is 6.01. The van der Waals surface area contributed by atoms with Crippen LogP contribution in [-0.2, 0) is 16.1 Å². The maximum absolute atomic E-state index is 12.9. The summed E-state index contributed by atoms with van der Waals surface area (Å²) in [7, 11) is 3.41. The van der Waals surface area contributed by atoms with Gasteiger partial charge < -0.3 is 15.5 Å². The van der Waals surface area contributed by atoms with Crippen molar-refractivity contribution < 1.29 is 9.59 Å². The van der Waals surface area contributed by atoms with E-state index >= 15 is 0 Å². The zero-order chi connectivity index (χ0) is 15.8. The zero-order valence-electron chi connectivity index (χ0n) is 13.0. The number of nitrogens with two attached hydrogens (primary N) is 1. The summed E-state index contributed by atoms with van der Waals surface area (Å²) in [5, 5.41) is 0. The van der Waals surface area contributed by atoms with Crippen LogP contribution in [0, 0.1) is 5.92 Å². The Hall–Kier alpha value is -1.88. The molecule has 3 atom stereocenters. The van der Waals surface area contributed by atoms with Crippen LogP contribution in [0.3, 0.4) is 0 Å². The number of carbonyl (C=O) groups is 2. The van der Waals surface area contributed by atoms with Gasteiger partial charge in [-0.25, -0.2) is 0 Å². The Morgan fingerprint density at radius 3 is 2.43 bits per heavy atom.